The molecule has 1 unspecified atom stereocenters. The van der Waals surface area contributed by atoms with Crippen molar-refractivity contribution in [2.75, 3.05) is 19.6 Å². The van der Waals surface area contributed by atoms with Gasteiger partial charge in [0.2, 0.25) is 0 Å². The van der Waals surface area contributed by atoms with E-state index < -0.39 is 0 Å². The van der Waals surface area contributed by atoms with Crippen LogP contribution in [0.5, 0.6) is 0 Å². The highest BCUT2D eigenvalue weighted by atomic mass is 79.9. The number of piperidine rings is 1. The van der Waals surface area contributed by atoms with Crippen LogP contribution in [-0.4, -0.2) is 36.5 Å². The van der Waals surface area contributed by atoms with Crippen molar-refractivity contribution >= 4 is 33.4 Å². The summed E-state index contributed by atoms with van der Waals surface area (Å²) in [6.45, 7) is 2.97. The van der Waals surface area contributed by atoms with Crippen molar-refractivity contribution in [2.45, 2.75) is 31.7 Å². The minimum absolute atomic E-state index is 0.0781. The molecule has 1 aliphatic heterocycles. The maximum atomic E-state index is 12.9. The van der Waals surface area contributed by atoms with Crippen molar-refractivity contribution in [3.63, 3.8) is 0 Å². The Labute approximate surface area is 139 Å². The van der Waals surface area contributed by atoms with E-state index in [1.807, 2.05) is 17.0 Å². The third-order valence-electron chi connectivity index (χ3n) is 4.26. The number of rotatable bonds is 4. The summed E-state index contributed by atoms with van der Waals surface area (Å²) in [6.07, 6.45) is 4.65. The third-order valence-corrected chi connectivity index (χ3v) is 5.08. The average molecular weight is 372 g/mol. The van der Waals surface area contributed by atoms with Crippen molar-refractivity contribution in [2.24, 2.45) is 5.92 Å². The molecule has 2 fully saturated rings. The lowest BCUT2D eigenvalue weighted by atomic mass is 9.98. The molecule has 0 aromatic heterocycles. The van der Waals surface area contributed by atoms with Crippen molar-refractivity contribution < 1.29 is 4.79 Å². The topological polar surface area (TPSA) is 32.3 Å². The zero-order valence-electron chi connectivity index (χ0n) is 11.9. The molecule has 1 aromatic carbocycles. The van der Waals surface area contributed by atoms with E-state index in [1.54, 1.807) is 6.07 Å². The van der Waals surface area contributed by atoms with E-state index in [0.29, 0.717) is 22.5 Å². The third kappa shape index (κ3) is 3.79. The molecule has 1 heterocycles. The maximum absolute atomic E-state index is 12.9. The van der Waals surface area contributed by atoms with Crippen LogP contribution in [0.2, 0.25) is 5.02 Å². The van der Waals surface area contributed by atoms with E-state index in [9.17, 15) is 4.79 Å². The largest absolute Gasteiger partial charge is 0.335 e. The summed E-state index contributed by atoms with van der Waals surface area (Å²) in [6, 6.07) is 5.89. The van der Waals surface area contributed by atoms with Gasteiger partial charge in [0.15, 0.2) is 0 Å². The summed E-state index contributed by atoms with van der Waals surface area (Å²) >= 11 is 9.65. The van der Waals surface area contributed by atoms with Gasteiger partial charge in [0.25, 0.3) is 5.91 Å². The van der Waals surface area contributed by atoms with Crippen LogP contribution in [0.4, 0.5) is 0 Å². The maximum Gasteiger partial charge on any atom is 0.255 e. The Morgan fingerprint density at radius 3 is 2.86 bits per heavy atom. The molecule has 3 nitrogen and oxygen atoms in total. The first kappa shape index (κ1) is 15.3. The Kier molecular flexibility index (Phi) is 4.87. The van der Waals surface area contributed by atoms with Gasteiger partial charge < -0.3 is 10.2 Å². The normalized spacial score (nSPS) is 22.1. The van der Waals surface area contributed by atoms with E-state index in [2.05, 4.69) is 21.2 Å². The molecule has 1 saturated heterocycles. The quantitative estimate of drug-likeness (QED) is 0.875. The molecule has 3 rings (SSSR count). The smallest absolute Gasteiger partial charge is 0.255 e. The second-order valence-corrected chi connectivity index (χ2v) is 7.35. The number of amides is 1. The Hall–Kier alpha value is -0.580. The average Bonchev–Trinajstić information content (AvgIpc) is 3.32. The summed E-state index contributed by atoms with van der Waals surface area (Å²) in [5.74, 6) is 0.642. The summed E-state index contributed by atoms with van der Waals surface area (Å²) in [4.78, 5) is 14.9. The number of benzene rings is 1. The molecule has 1 aliphatic carbocycles. The number of hydrogen-bond acceptors (Lipinski definition) is 2. The molecule has 0 radical (unpaired) electrons. The van der Waals surface area contributed by atoms with Gasteiger partial charge >= 0.3 is 0 Å². The molecule has 5 heteroatoms. The highest BCUT2D eigenvalue weighted by molar-refractivity contribution is 9.10. The molecule has 0 bridgehead atoms. The Morgan fingerprint density at radius 2 is 2.19 bits per heavy atom. The highest BCUT2D eigenvalue weighted by Crippen LogP contribution is 2.32. The van der Waals surface area contributed by atoms with E-state index in [-0.39, 0.29) is 5.91 Å². The first-order chi connectivity index (χ1) is 10.1. The number of hydrogen-bond donors (Lipinski definition) is 1. The van der Waals surface area contributed by atoms with Crippen LogP contribution in [0.25, 0.3) is 0 Å². The number of nitrogens with zero attached hydrogens (tertiary/aromatic N) is 1. The van der Waals surface area contributed by atoms with Gasteiger partial charge in [-0.15, -0.1) is 0 Å². The predicted molar refractivity (Wildman–Crippen MR) is 88.8 cm³/mol. The Balaban J connectivity index is 1.76. The standard InChI is InChI=1S/C16H20BrClN2O/c17-12-3-6-15(18)14(8-12)16(21)20(13-4-5-13)10-11-2-1-7-19-9-11/h3,6,8,11,13,19H,1-2,4-5,7,9-10H2. The molecule has 1 amide bonds. The number of nitrogens with one attached hydrogen (secondary N) is 1. The van der Waals surface area contributed by atoms with Crippen molar-refractivity contribution in [1.29, 1.82) is 0 Å². The van der Waals surface area contributed by atoms with Gasteiger partial charge in [0.1, 0.15) is 0 Å². The summed E-state index contributed by atoms with van der Waals surface area (Å²) in [5, 5.41) is 3.96. The lowest BCUT2D eigenvalue weighted by molar-refractivity contribution is 0.0704. The lowest BCUT2D eigenvalue weighted by Gasteiger charge is -2.30. The van der Waals surface area contributed by atoms with Crippen LogP contribution < -0.4 is 5.32 Å². The minimum Gasteiger partial charge on any atom is -0.335 e. The monoisotopic (exact) mass is 370 g/mol. The van der Waals surface area contributed by atoms with Crippen LogP contribution in [0.3, 0.4) is 0 Å². The fraction of sp³-hybridized carbons (Fsp3) is 0.562. The van der Waals surface area contributed by atoms with Crippen molar-refractivity contribution in [1.82, 2.24) is 10.2 Å². The number of halogens is 2. The first-order valence-corrected chi connectivity index (χ1v) is 8.79. The summed E-state index contributed by atoms with van der Waals surface area (Å²) in [5.41, 5.74) is 0.613. The van der Waals surface area contributed by atoms with E-state index in [4.69, 9.17) is 11.6 Å². The molecular formula is C16H20BrClN2O. The molecule has 1 N–H and O–H groups in total. The van der Waals surface area contributed by atoms with E-state index in [0.717, 1.165) is 36.9 Å². The molecule has 0 spiro atoms. The zero-order chi connectivity index (χ0) is 14.8. The molecule has 2 aliphatic rings. The van der Waals surface area contributed by atoms with Crippen molar-refractivity contribution in [3.8, 4) is 0 Å². The minimum atomic E-state index is 0.0781. The first-order valence-electron chi connectivity index (χ1n) is 7.62. The van der Waals surface area contributed by atoms with Crippen LogP contribution in [0.1, 0.15) is 36.0 Å². The fourth-order valence-corrected chi connectivity index (χ4v) is 3.52. The van der Waals surface area contributed by atoms with Crippen molar-refractivity contribution in [3.05, 3.63) is 33.3 Å². The predicted octanol–water partition coefficient (Wildman–Crippen LogP) is 3.71. The van der Waals surface area contributed by atoms with Gasteiger partial charge in [0.05, 0.1) is 10.6 Å². The Morgan fingerprint density at radius 1 is 1.38 bits per heavy atom. The van der Waals surface area contributed by atoms with E-state index >= 15 is 0 Å². The second-order valence-electron chi connectivity index (χ2n) is 6.03. The van der Waals surface area contributed by atoms with Crippen LogP contribution in [0.15, 0.2) is 22.7 Å². The molecule has 21 heavy (non-hydrogen) atoms. The van der Waals surface area contributed by atoms with Gasteiger partial charge in [-0.3, -0.25) is 4.79 Å². The molecular weight excluding hydrogens is 352 g/mol. The summed E-state index contributed by atoms with van der Waals surface area (Å²) in [7, 11) is 0. The van der Waals surface area contributed by atoms with Gasteiger partial charge in [-0.2, -0.15) is 0 Å². The van der Waals surface area contributed by atoms with Crippen LogP contribution in [-0.2, 0) is 0 Å². The van der Waals surface area contributed by atoms with Gasteiger partial charge in [-0.1, -0.05) is 27.5 Å². The molecule has 1 aromatic rings. The number of carbonyl (C=O) groups is 1. The molecule has 1 saturated carbocycles. The fourth-order valence-electron chi connectivity index (χ4n) is 2.96. The zero-order valence-corrected chi connectivity index (χ0v) is 14.3. The lowest BCUT2D eigenvalue weighted by Crippen LogP contribution is -2.42. The van der Waals surface area contributed by atoms with Crippen LogP contribution in [0, 0.1) is 5.92 Å². The SMILES string of the molecule is O=C(c1cc(Br)ccc1Cl)N(CC1CCCNC1)C1CC1. The van der Waals surface area contributed by atoms with E-state index in [1.165, 1.54) is 12.8 Å². The molecule has 114 valence electrons. The van der Waals surface area contributed by atoms with Gasteiger partial charge in [-0.25, -0.2) is 0 Å². The van der Waals surface area contributed by atoms with Crippen LogP contribution >= 0.6 is 27.5 Å². The van der Waals surface area contributed by atoms with Gasteiger partial charge in [0, 0.05) is 17.1 Å². The summed E-state index contributed by atoms with van der Waals surface area (Å²) < 4.78 is 0.894. The highest BCUT2D eigenvalue weighted by Gasteiger charge is 2.35. The second kappa shape index (κ2) is 6.67. The Bertz CT molecular complexity index is 527. The van der Waals surface area contributed by atoms with Gasteiger partial charge in [-0.05, 0) is 62.9 Å². The molecule has 1 atom stereocenters. The number of carbonyl (C=O) groups excluding carboxylic acids is 1.